The standard InChI is InChI=1S/C16H21N3O3/c1-11-18-15(22-19-11)13-6-4-12(5-7-13)14(21)17-10-16(2,3)8-9-20/h4-7,20H,8-10H2,1-3H3,(H,17,21). The van der Waals surface area contributed by atoms with Crippen molar-refractivity contribution in [2.24, 2.45) is 5.41 Å². The van der Waals surface area contributed by atoms with Gasteiger partial charge in [0.05, 0.1) is 0 Å². The molecule has 0 radical (unpaired) electrons. The Morgan fingerprint density at radius 2 is 2.00 bits per heavy atom. The molecular weight excluding hydrogens is 282 g/mol. The normalized spacial score (nSPS) is 11.5. The van der Waals surface area contributed by atoms with E-state index in [0.717, 1.165) is 5.56 Å². The van der Waals surface area contributed by atoms with Gasteiger partial charge in [-0.2, -0.15) is 4.98 Å². The van der Waals surface area contributed by atoms with Gasteiger partial charge < -0.3 is 14.9 Å². The van der Waals surface area contributed by atoms with Crippen LogP contribution in [0.3, 0.4) is 0 Å². The summed E-state index contributed by atoms with van der Waals surface area (Å²) in [5, 5.41) is 15.6. The van der Waals surface area contributed by atoms with Crippen molar-refractivity contribution >= 4 is 5.91 Å². The molecule has 0 spiro atoms. The maximum atomic E-state index is 12.1. The summed E-state index contributed by atoms with van der Waals surface area (Å²) in [5.74, 6) is 0.871. The Balaban J connectivity index is 1.99. The number of carbonyl (C=O) groups is 1. The van der Waals surface area contributed by atoms with Gasteiger partial charge in [0.1, 0.15) is 0 Å². The number of aromatic nitrogens is 2. The van der Waals surface area contributed by atoms with E-state index in [1.165, 1.54) is 0 Å². The molecule has 2 aromatic rings. The first-order valence-electron chi connectivity index (χ1n) is 7.21. The van der Waals surface area contributed by atoms with Crippen LogP contribution in [0, 0.1) is 12.3 Å². The summed E-state index contributed by atoms with van der Waals surface area (Å²) in [7, 11) is 0. The third kappa shape index (κ3) is 4.14. The van der Waals surface area contributed by atoms with E-state index in [1.54, 1.807) is 31.2 Å². The number of hydrogen-bond donors (Lipinski definition) is 2. The highest BCUT2D eigenvalue weighted by Crippen LogP contribution is 2.19. The Labute approximate surface area is 129 Å². The molecule has 118 valence electrons. The lowest BCUT2D eigenvalue weighted by Crippen LogP contribution is -2.34. The van der Waals surface area contributed by atoms with Crippen LogP contribution in [0.15, 0.2) is 28.8 Å². The highest BCUT2D eigenvalue weighted by atomic mass is 16.5. The monoisotopic (exact) mass is 303 g/mol. The summed E-state index contributed by atoms with van der Waals surface area (Å²) in [5.41, 5.74) is 1.21. The summed E-state index contributed by atoms with van der Waals surface area (Å²) >= 11 is 0. The molecule has 1 amide bonds. The highest BCUT2D eigenvalue weighted by Gasteiger charge is 2.18. The predicted octanol–water partition coefficient (Wildman–Crippen LogP) is 2.18. The molecule has 22 heavy (non-hydrogen) atoms. The SMILES string of the molecule is Cc1noc(-c2ccc(C(=O)NCC(C)(C)CCO)cc2)n1. The first-order chi connectivity index (χ1) is 10.4. The van der Waals surface area contributed by atoms with Crippen LogP contribution in [0.5, 0.6) is 0 Å². The fourth-order valence-corrected chi connectivity index (χ4v) is 1.99. The minimum atomic E-state index is -0.140. The summed E-state index contributed by atoms with van der Waals surface area (Å²) in [6.07, 6.45) is 0.642. The first-order valence-corrected chi connectivity index (χ1v) is 7.21. The van der Waals surface area contributed by atoms with Crippen LogP contribution in [0.4, 0.5) is 0 Å². The molecule has 0 saturated carbocycles. The number of rotatable bonds is 6. The summed E-state index contributed by atoms with van der Waals surface area (Å²) in [6.45, 7) is 6.39. The topological polar surface area (TPSA) is 88.2 Å². The van der Waals surface area contributed by atoms with Crippen LogP contribution in [0.1, 0.15) is 36.5 Å². The molecule has 0 bridgehead atoms. The number of hydrogen-bond acceptors (Lipinski definition) is 5. The lowest BCUT2D eigenvalue weighted by Gasteiger charge is -2.23. The third-order valence-corrected chi connectivity index (χ3v) is 3.44. The Morgan fingerprint density at radius 3 is 2.55 bits per heavy atom. The predicted molar refractivity (Wildman–Crippen MR) is 82.3 cm³/mol. The van der Waals surface area contributed by atoms with Crippen LogP contribution in [-0.4, -0.2) is 34.3 Å². The van der Waals surface area contributed by atoms with Crippen molar-refractivity contribution in [3.63, 3.8) is 0 Å². The van der Waals surface area contributed by atoms with Crippen molar-refractivity contribution in [2.75, 3.05) is 13.2 Å². The summed E-state index contributed by atoms with van der Waals surface area (Å²) < 4.78 is 5.08. The van der Waals surface area contributed by atoms with E-state index in [4.69, 9.17) is 9.63 Å². The fourth-order valence-electron chi connectivity index (χ4n) is 1.99. The minimum absolute atomic E-state index is 0.112. The van der Waals surface area contributed by atoms with Gasteiger partial charge in [-0.15, -0.1) is 0 Å². The number of nitrogens with zero attached hydrogens (tertiary/aromatic N) is 2. The molecule has 0 aliphatic heterocycles. The zero-order valence-electron chi connectivity index (χ0n) is 13.1. The van der Waals surface area contributed by atoms with Crippen LogP contribution >= 0.6 is 0 Å². The zero-order valence-corrected chi connectivity index (χ0v) is 13.1. The number of carbonyl (C=O) groups excluding carboxylic acids is 1. The van der Waals surface area contributed by atoms with Crippen molar-refractivity contribution in [1.82, 2.24) is 15.5 Å². The van der Waals surface area contributed by atoms with Gasteiger partial charge >= 0.3 is 0 Å². The minimum Gasteiger partial charge on any atom is -0.396 e. The lowest BCUT2D eigenvalue weighted by molar-refractivity contribution is 0.0928. The second-order valence-electron chi connectivity index (χ2n) is 6.04. The third-order valence-electron chi connectivity index (χ3n) is 3.44. The zero-order chi connectivity index (χ0) is 16.2. The molecule has 0 fully saturated rings. The van der Waals surface area contributed by atoms with E-state index in [2.05, 4.69) is 15.5 Å². The van der Waals surface area contributed by atoms with Gasteiger partial charge in [-0.25, -0.2) is 0 Å². The van der Waals surface area contributed by atoms with Crippen molar-refractivity contribution in [2.45, 2.75) is 27.2 Å². The number of aliphatic hydroxyl groups excluding tert-OH is 1. The molecular formula is C16H21N3O3. The van der Waals surface area contributed by atoms with Crippen molar-refractivity contribution in [1.29, 1.82) is 0 Å². The first kappa shape index (κ1) is 16.2. The van der Waals surface area contributed by atoms with Crippen molar-refractivity contribution in [3.8, 4) is 11.5 Å². The number of aliphatic hydroxyl groups is 1. The molecule has 1 heterocycles. The molecule has 0 atom stereocenters. The van der Waals surface area contributed by atoms with Crippen molar-refractivity contribution < 1.29 is 14.4 Å². The van der Waals surface area contributed by atoms with Crippen LogP contribution < -0.4 is 5.32 Å². The molecule has 0 saturated heterocycles. The number of benzene rings is 1. The van der Waals surface area contributed by atoms with E-state index < -0.39 is 0 Å². The Morgan fingerprint density at radius 1 is 1.32 bits per heavy atom. The Kier molecular flexibility index (Phi) is 4.92. The molecule has 0 aliphatic carbocycles. The molecule has 2 N–H and O–H groups in total. The maximum Gasteiger partial charge on any atom is 0.257 e. The van der Waals surface area contributed by atoms with Gasteiger partial charge in [0.2, 0.25) is 0 Å². The number of aryl methyl sites for hydroxylation is 1. The van der Waals surface area contributed by atoms with Gasteiger partial charge in [-0.1, -0.05) is 19.0 Å². The van der Waals surface area contributed by atoms with Crippen LogP contribution in [0.25, 0.3) is 11.5 Å². The Bertz CT molecular complexity index is 632. The quantitative estimate of drug-likeness (QED) is 0.854. The number of amides is 1. The van der Waals surface area contributed by atoms with E-state index in [9.17, 15) is 4.79 Å². The molecule has 2 rings (SSSR count). The largest absolute Gasteiger partial charge is 0.396 e. The molecule has 0 aliphatic rings. The molecule has 6 heteroatoms. The van der Waals surface area contributed by atoms with Gasteiger partial charge in [-0.05, 0) is 43.0 Å². The fraction of sp³-hybridized carbons (Fsp3) is 0.438. The summed E-state index contributed by atoms with van der Waals surface area (Å²) in [6, 6.07) is 7.01. The van der Waals surface area contributed by atoms with Gasteiger partial charge in [0.15, 0.2) is 5.82 Å². The highest BCUT2D eigenvalue weighted by molar-refractivity contribution is 5.94. The van der Waals surface area contributed by atoms with Gasteiger partial charge in [0, 0.05) is 24.3 Å². The lowest BCUT2D eigenvalue weighted by atomic mass is 9.89. The smallest absolute Gasteiger partial charge is 0.257 e. The van der Waals surface area contributed by atoms with E-state index in [1.807, 2.05) is 13.8 Å². The molecule has 1 aromatic carbocycles. The maximum absolute atomic E-state index is 12.1. The van der Waals surface area contributed by atoms with Gasteiger partial charge in [-0.3, -0.25) is 4.79 Å². The second kappa shape index (κ2) is 6.70. The van der Waals surface area contributed by atoms with Crippen LogP contribution in [0.2, 0.25) is 0 Å². The van der Waals surface area contributed by atoms with E-state index >= 15 is 0 Å². The summed E-state index contributed by atoms with van der Waals surface area (Å²) in [4.78, 5) is 16.3. The molecule has 0 unspecified atom stereocenters. The average Bonchev–Trinajstić information content (AvgIpc) is 2.92. The van der Waals surface area contributed by atoms with E-state index in [0.29, 0.717) is 30.2 Å². The van der Waals surface area contributed by atoms with E-state index in [-0.39, 0.29) is 17.9 Å². The average molecular weight is 303 g/mol. The number of nitrogens with one attached hydrogen (secondary N) is 1. The van der Waals surface area contributed by atoms with Crippen LogP contribution in [-0.2, 0) is 0 Å². The van der Waals surface area contributed by atoms with Crippen molar-refractivity contribution in [3.05, 3.63) is 35.7 Å². The molecule has 1 aromatic heterocycles. The molecule has 6 nitrogen and oxygen atoms in total. The second-order valence-corrected chi connectivity index (χ2v) is 6.04. The Hall–Kier alpha value is -2.21. The van der Waals surface area contributed by atoms with Gasteiger partial charge in [0.25, 0.3) is 11.8 Å².